The standard InChI is InChI=1S/C22H35N3O2/c1-16(2)14-25-10-11-27-21(15-25)13-23-22(26)24-17(3)19-9-8-18-6-4-5-7-20(18)12-19/h8-9,12,16-17,21H,4-7,10-11,13-15H2,1-3H3,(H2,23,24,26). The molecule has 5 heteroatoms. The summed E-state index contributed by atoms with van der Waals surface area (Å²) < 4.78 is 5.81. The smallest absolute Gasteiger partial charge is 0.315 e. The maximum Gasteiger partial charge on any atom is 0.315 e. The van der Waals surface area contributed by atoms with Crippen LogP contribution >= 0.6 is 0 Å². The Kier molecular flexibility index (Phi) is 7.13. The van der Waals surface area contributed by atoms with Gasteiger partial charge in [0.25, 0.3) is 0 Å². The summed E-state index contributed by atoms with van der Waals surface area (Å²) in [6.07, 6.45) is 4.98. The molecule has 0 aromatic heterocycles. The lowest BCUT2D eigenvalue weighted by Gasteiger charge is -2.34. The SMILES string of the molecule is CC(C)CN1CCOC(CNC(=O)NC(C)c2ccc3c(c2)CCCC3)C1. The van der Waals surface area contributed by atoms with Crippen molar-refractivity contribution in [2.24, 2.45) is 5.92 Å². The van der Waals surface area contributed by atoms with Gasteiger partial charge in [0.15, 0.2) is 0 Å². The van der Waals surface area contributed by atoms with Crippen LogP contribution in [0.2, 0.25) is 0 Å². The number of ether oxygens (including phenoxy) is 1. The molecule has 2 N–H and O–H groups in total. The minimum absolute atomic E-state index is 0.00180. The van der Waals surface area contributed by atoms with E-state index < -0.39 is 0 Å². The number of carbonyl (C=O) groups is 1. The minimum atomic E-state index is -0.121. The molecule has 0 bridgehead atoms. The molecule has 2 amide bonds. The van der Waals surface area contributed by atoms with E-state index in [1.807, 2.05) is 6.92 Å². The molecule has 1 aliphatic carbocycles. The lowest BCUT2D eigenvalue weighted by molar-refractivity contribution is -0.0290. The fourth-order valence-electron chi connectivity index (χ4n) is 4.15. The number of carbonyl (C=O) groups excluding carboxylic acids is 1. The van der Waals surface area contributed by atoms with Gasteiger partial charge in [-0.1, -0.05) is 32.0 Å². The van der Waals surface area contributed by atoms with Gasteiger partial charge in [0, 0.05) is 26.2 Å². The first kappa shape index (κ1) is 20.2. The Labute approximate surface area is 163 Å². The van der Waals surface area contributed by atoms with E-state index in [1.165, 1.54) is 36.0 Å². The lowest BCUT2D eigenvalue weighted by atomic mass is 9.89. The molecule has 1 heterocycles. The van der Waals surface area contributed by atoms with E-state index in [4.69, 9.17) is 4.74 Å². The normalized spacial score (nSPS) is 21.6. The van der Waals surface area contributed by atoms with Crippen molar-refractivity contribution in [1.82, 2.24) is 15.5 Å². The monoisotopic (exact) mass is 373 g/mol. The highest BCUT2D eigenvalue weighted by atomic mass is 16.5. The van der Waals surface area contributed by atoms with E-state index in [0.717, 1.165) is 32.7 Å². The van der Waals surface area contributed by atoms with Gasteiger partial charge in [-0.15, -0.1) is 0 Å². The number of morpholine rings is 1. The van der Waals surface area contributed by atoms with E-state index in [-0.39, 0.29) is 18.2 Å². The third kappa shape index (κ3) is 5.94. The Balaban J connectivity index is 1.45. The van der Waals surface area contributed by atoms with Crippen molar-refractivity contribution in [3.05, 3.63) is 34.9 Å². The van der Waals surface area contributed by atoms with E-state index in [1.54, 1.807) is 0 Å². The van der Waals surface area contributed by atoms with Crippen LogP contribution in [0.5, 0.6) is 0 Å². The second kappa shape index (κ2) is 9.56. The highest BCUT2D eigenvalue weighted by Gasteiger charge is 2.22. The zero-order chi connectivity index (χ0) is 19.2. The molecule has 1 fully saturated rings. The van der Waals surface area contributed by atoms with Crippen LogP contribution in [0.15, 0.2) is 18.2 Å². The minimum Gasteiger partial charge on any atom is -0.374 e. The molecule has 0 spiro atoms. The first-order valence-corrected chi connectivity index (χ1v) is 10.5. The maximum absolute atomic E-state index is 12.3. The predicted molar refractivity (Wildman–Crippen MR) is 109 cm³/mol. The first-order chi connectivity index (χ1) is 13.0. The quantitative estimate of drug-likeness (QED) is 0.805. The first-order valence-electron chi connectivity index (χ1n) is 10.5. The Morgan fingerprint density at radius 2 is 2.00 bits per heavy atom. The molecule has 27 heavy (non-hydrogen) atoms. The summed E-state index contributed by atoms with van der Waals surface area (Å²) in [5.41, 5.74) is 4.11. The van der Waals surface area contributed by atoms with E-state index in [9.17, 15) is 4.79 Å². The van der Waals surface area contributed by atoms with Gasteiger partial charge in [0.05, 0.1) is 18.8 Å². The number of nitrogens with one attached hydrogen (secondary N) is 2. The molecule has 2 atom stereocenters. The summed E-state index contributed by atoms with van der Waals surface area (Å²) in [5.74, 6) is 0.650. The Bertz CT molecular complexity index is 632. The Morgan fingerprint density at radius 1 is 1.22 bits per heavy atom. The van der Waals surface area contributed by atoms with Gasteiger partial charge in [-0.05, 0) is 55.2 Å². The van der Waals surface area contributed by atoms with Crippen LogP contribution in [-0.4, -0.2) is 49.8 Å². The summed E-state index contributed by atoms with van der Waals surface area (Å²) in [6.45, 7) is 10.8. The Hall–Kier alpha value is -1.59. The lowest BCUT2D eigenvalue weighted by Crippen LogP contribution is -2.49. The average molecular weight is 374 g/mol. The molecule has 1 aliphatic heterocycles. The van der Waals surface area contributed by atoms with Crippen molar-refractivity contribution >= 4 is 6.03 Å². The summed E-state index contributed by atoms with van der Waals surface area (Å²) in [7, 11) is 0. The number of aryl methyl sites for hydroxylation is 2. The second-order valence-electron chi connectivity index (χ2n) is 8.46. The van der Waals surface area contributed by atoms with E-state index >= 15 is 0 Å². The van der Waals surface area contributed by atoms with Crippen LogP contribution in [0.4, 0.5) is 4.79 Å². The zero-order valence-corrected chi connectivity index (χ0v) is 17.1. The van der Waals surface area contributed by atoms with E-state index in [2.05, 4.69) is 47.6 Å². The molecule has 1 aromatic carbocycles. The zero-order valence-electron chi connectivity index (χ0n) is 17.1. The van der Waals surface area contributed by atoms with Crippen molar-refractivity contribution in [1.29, 1.82) is 0 Å². The molecular formula is C22H35N3O2. The summed E-state index contributed by atoms with van der Waals surface area (Å²) in [4.78, 5) is 14.8. The van der Waals surface area contributed by atoms with Crippen LogP contribution in [-0.2, 0) is 17.6 Å². The number of hydrogen-bond acceptors (Lipinski definition) is 3. The van der Waals surface area contributed by atoms with Crippen LogP contribution in [0.25, 0.3) is 0 Å². The van der Waals surface area contributed by atoms with Gasteiger partial charge >= 0.3 is 6.03 Å². The van der Waals surface area contributed by atoms with Crippen molar-refractivity contribution in [2.45, 2.75) is 58.6 Å². The molecule has 0 saturated carbocycles. The van der Waals surface area contributed by atoms with Crippen LogP contribution in [0.3, 0.4) is 0 Å². The van der Waals surface area contributed by atoms with E-state index in [0.29, 0.717) is 12.5 Å². The molecule has 1 saturated heterocycles. The van der Waals surface area contributed by atoms with Crippen molar-refractivity contribution < 1.29 is 9.53 Å². The second-order valence-corrected chi connectivity index (χ2v) is 8.46. The van der Waals surface area contributed by atoms with Gasteiger partial charge in [-0.2, -0.15) is 0 Å². The number of urea groups is 1. The number of rotatable bonds is 6. The molecule has 0 radical (unpaired) electrons. The molecular weight excluding hydrogens is 338 g/mol. The fourth-order valence-corrected chi connectivity index (χ4v) is 4.15. The topological polar surface area (TPSA) is 53.6 Å². The molecule has 2 unspecified atom stereocenters. The molecule has 5 nitrogen and oxygen atoms in total. The average Bonchev–Trinajstić information content (AvgIpc) is 2.66. The third-order valence-corrected chi connectivity index (χ3v) is 5.56. The summed E-state index contributed by atoms with van der Waals surface area (Å²) in [6, 6.07) is 6.54. The molecule has 3 rings (SSSR count). The van der Waals surface area contributed by atoms with Crippen molar-refractivity contribution in [3.8, 4) is 0 Å². The number of nitrogens with zero attached hydrogens (tertiary/aromatic N) is 1. The number of benzene rings is 1. The fraction of sp³-hybridized carbons (Fsp3) is 0.682. The van der Waals surface area contributed by atoms with Gasteiger partial charge in [-0.25, -0.2) is 4.79 Å². The number of fused-ring (bicyclic) bond motifs is 1. The largest absolute Gasteiger partial charge is 0.374 e. The van der Waals surface area contributed by atoms with Gasteiger partial charge < -0.3 is 15.4 Å². The third-order valence-electron chi connectivity index (χ3n) is 5.56. The van der Waals surface area contributed by atoms with Gasteiger partial charge in [-0.3, -0.25) is 4.90 Å². The Morgan fingerprint density at radius 3 is 2.78 bits per heavy atom. The molecule has 1 aromatic rings. The van der Waals surface area contributed by atoms with Crippen LogP contribution in [0.1, 0.15) is 56.3 Å². The number of amides is 2. The highest BCUT2D eigenvalue weighted by Crippen LogP contribution is 2.24. The van der Waals surface area contributed by atoms with Crippen LogP contribution < -0.4 is 10.6 Å². The van der Waals surface area contributed by atoms with Crippen LogP contribution in [0, 0.1) is 5.92 Å². The highest BCUT2D eigenvalue weighted by molar-refractivity contribution is 5.74. The maximum atomic E-state index is 12.3. The summed E-state index contributed by atoms with van der Waals surface area (Å²) >= 11 is 0. The van der Waals surface area contributed by atoms with Crippen molar-refractivity contribution in [3.63, 3.8) is 0 Å². The molecule has 2 aliphatic rings. The van der Waals surface area contributed by atoms with Gasteiger partial charge in [0.2, 0.25) is 0 Å². The van der Waals surface area contributed by atoms with Crippen molar-refractivity contribution in [2.75, 3.05) is 32.8 Å². The van der Waals surface area contributed by atoms with Gasteiger partial charge in [0.1, 0.15) is 0 Å². The molecule has 150 valence electrons. The predicted octanol–water partition coefficient (Wildman–Crippen LogP) is 3.28. The summed E-state index contributed by atoms with van der Waals surface area (Å²) in [5, 5.41) is 6.05. The number of hydrogen-bond donors (Lipinski definition) is 2.